The Morgan fingerprint density at radius 1 is 1.55 bits per heavy atom. The van der Waals surface area contributed by atoms with Gasteiger partial charge in [0.05, 0.1) is 11.0 Å². The molecule has 1 amide bonds. The SMILES string of the molecule is CCC(C)NC(=O)Cn1c(CO)nc2cc(F)ccc21. The second-order valence-corrected chi connectivity index (χ2v) is 4.78. The van der Waals surface area contributed by atoms with Crippen LogP contribution in [0.25, 0.3) is 11.0 Å². The van der Waals surface area contributed by atoms with Gasteiger partial charge in [-0.1, -0.05) is 6.92 Å². The van der Waals surface area contributed by atoms with E-state index in [1.165, 1.54) is 12.1 Å². The molecule has 0 aliphatic rings. The lowest BCUT2D eigenvalue weighted by molar-refractivity contribution is -0.122. The summed E-state index contributed by atoms with van der Waals surface area (Å²) in [6, 6.07) is 4.26. The Balaban J connectivity index is 2.30. The Hall–Kier alpha value is -1.95. The number of imidazole rings is 1. The van der Waals surface area contributed by atoms with Crippen molar-refractivity contribution in [2.24, 2.45) is 0 Å². The number of halogens is 1. The smallest absolute Gasteiger partial charge is 0.240 e. The number of aliphatic hydroxyl groups is 1. The molecule has 2 N–H and O–H groups in total. The van der Waals surface area contributed by atoms with Crippen LogP contribution < -0.4 is 5.32 Å². The first-order valence-corrected chi connectivity index (χ1v) is 6.60. The largest absolute Gasteiger partial charge is 0.388 e. The third kappa shape index (κ3) is 2.96. The molecule has 1 atom stereocenters. The van der Waals surface area contributed by atoms with Gasteiger partial charge in [-0.15, -0.1) is 0 Å². The summed E-state index contributed by atoms with van der Waals surface area (Å²) in [4.78, 5) is 16.1. The number of hydrogen-bond acceptors (Lipinski definition) is 3. The lowest BCUT2D eigenvalue weighted by atomic mass is 10.2. The van der Waals surface area contributed by atoms with Crippen LogP contribution in [0, 0.1) is 5.82 Å². The average Bonchev–Trinajstić information content (AvgIpc) is 2.75. The fraction of sp³-hybridized carbons (Fsp3) is 0.429. The lowest BCUT2D eigenvalue weighted by Crippen LogP contribution is -2.34. The van der Waals surface area contributed by atoms with Gasteiger partial charge in [0.2, 0.25) is 5.91 Å². The molecule has 0 aliphatic heterocycles. The fourth-order valence-corrected chi connectivity index (χ4v) is 2.02. The monoisotopic (exact) mass is 279 g/mol. The van der Waals surface area contributed by atoms with E-state index in [2.05, 4.69) is 10.3 Å². The van der Waals surface area contributed by atoms with Gasteiger partial charge in [-0.05, 0) is 25.5 Å². The summed E-state index contributed by atoms with van der Waals surface area (Å²) in [5.41, 5.74) is 1.07. The lowest BCUT2D eigenvalue weighted by Gasteiger charge is -2.13. The van der Waals surface area contributed by atoms with Crippen LogP contribution in [-0.4, -0.2) is 26.6 Å². The first-order chi connectivity index (χ1) is 9.55. The maximum atomic E-state index is 13.2. The molecule has 2 aromatic rings. The van der Waals surface area contributed by atoms with Gasteiger partial charge in [0.1, 0.15) is 24.8 Å². The van der Waals surface area contributed by atoms with Crippen LogP contribution in [0.15, 0.2) is 18.2 Å². The second-order valence-electron chi connectivity index (χ2n) is 4.78. The minimum Gasteiger partial charge on any atom is -0.388 e. The van der Waals surface area contributed by atoms with E-state index in [0.717, 1.165) is 6.42 Å². The van der Waals surface area contributed by atoms with Crippen molar-refractivity contribution in [3.05, 3.63) is 29.8 Å². The summed E-state index contributed by atoms with van der Waals surface area (Å²) in [5.74, 6) is -0.196. The molecule has 1 aromatic carbocycles. The van der Waals surface area contributed by atoms with Gasteiger partial charge in [0.15, 0.2) is 0 Å². The van der Waals surface area contributed by atoms with Gasteiger partial charge in [0, 0.05) is 12.1 Å². The Morgan fingerprint density at radius 2 is 2.30 bits per heavy atom. The molecule has 20 heavy (non-hydrogen) atoms. The van der Waals surface area contributed by atoms with Gasteiger partial charge in [0.25, 0.3) is 0 Å². The molecule has 0 saturated carbocycles. The maximum absolute atomic E-state index is 13.2. The number of carbonyl (C=O) groups excluding carboxylic acids is 1. The van der Waals surface area contributed by atoms with E-state index in [4.69, 9.17) is 0 Å². The van der Waals surface area contributed by atoms with E-state index in [1.54, 1.807) is 10.6 Å². The van der Waals surface area contributed by atoms with Crippen LogP contribution in [0.2, 0.25) is 0 Å². The molecular formula is C14H18FN3O2. The molecule has 1 unspecified atom stereocenters. The number of carbonyl (C=O) groups is 1. The van der Waals surface area contributed by atoms with E-state index < -0.39 is 5.82 Å². The van der Waals surface area contributed by atoms with Crippen LogP contribution in [-0.2, 0) is 17.9 Å². The number of amides is 1. The second kappa shape index (κ2) is 6.00. The third-order valence-corrected chi connectivity index (χ3v) is 3.25. The number of benzene rings is 1. The van der Waals surface area contributed by atoms with Crippen molar-refractivity contribution in [2.45, 2.75) is 39.5 Å². The van der Waals surface area contributed by atoms with Crippen molar-refractivity contribution in [3.8, 4) is 0 Å². The number of aromatic nitrogens is 2. The first-order valence-electron chi connectivity index (χ1n) is 6.60. The van der Waals surface area contributed by atoms with E-state index in [-0.39, 0.29) is 25.1 Å². The molecule has 1 aromatic heterocycles. The summed E-state index contributed by atoms with van der Waals surface area (Å²) in [7, 11) is 0. The quantitative estimate of drug-likeness (QED) is 0.873. The molecule has 0 bridgehead atoms. The first kappa shape index (κ1) is 14.5. The van der Waals surface area contributed by atoms with Crippen molar-refractivity contribution >= 4 is 16.9 Å². The Kier molecular flexibility index (Phi) is 4.34. The summed E-state index contributed by atoms with van der Waals surface area (Å²) in [6.07, 6.45) is 0.842. The molecule has 1 heterocycles. The molecule has 0 spiro atoms. The number of aliphatic hydroxyl groups excluding tert-OH is 1. The topological polar surface area (TPSA) is 67.2 Å². The van der Waals surface area contributed by atoms with Gasteiger partial charge in [-0.2, -0.15) is 0 Å². The Labute approximate surface area is 116 Å². The Morgan fingerprint density at radius 3 is 2.95 bits per heavy atom. The van der Waals surface area contributed by atoms with Crippen LogP contribution in [0.5, 0.6) is 0 Å². The van der Waals surface area contributed by atoms with Crippen LogP contribution >= 0.6 is 0 Å². The van der Waals surface area contributed by atoms with Crippen molar-refractivity contribution in [1.82, 2.24) is 14.9 Å². The number of nitrogens with one attached hydrogen (secondary N) is 1. The van der Waals surface area contributed by atoms with Gasteiger partial charge < -0.3 is 15.0 Å². The highest BCUT2D eigenvalue weighted by Crippen LogP contribution is 2.17. The van der Waals surface area contributed by atoms with Crippen LogP contribution in [0.1, 0.15) is 26.1 Å². The van der Waals surface area contributed by atoms with E-state index >= 15 is 0 Å². The van der Waals surface area contributed by atoms with Crippen molar-refractivity contribution < 1.29 is 14.3 Å². The molecule has 0 aliphatic carbocycles. The van der Waals surface area contributed by atoms with Crippen LogP contribution in [0.3, 0.4) is 0 Å². The number of nitrogens with zero attached hydrogens (tertiary/aromatic N) is 2. The minimum absolute atomic E-state index is 0.0579. The zero-order chi connectivity index (χ0) is 14.7. The van der Waals surface area contributed by atoms with Gasteiger partial charge in [-0.3, -0.25) is 4.79 Å². The fourth-order valence-electron chi connectivity index (χ4n) is 2.02. The standard InChI is InChI=1S/C14H18FN3O2/c1-3-9(2)16-14(20)7-18-12-5-4-10(15)6-11(12)17-13(18)8-19/h4-6,9,19H,3,7-8H2,1-2H3,(H,16,20). The van der Waals surface area contributed by atoms with Crippen molar-refractivity contribution in [3.63, 3.8) is 0 Å². The molecular weight excluding hydrogens is 261 g/mol. The Bertz CT molecular complexity index is 624. The average molecular weight is 279 g/mol. The van der Waals surface area contributed by atoms with Crippen LogP contribution in [0.4, 0.5) is 4.39 Å². The molecule has 0 saturated heterocycles. The minimum atomic E-state index is -0.393. The summed E-state index contributed by atoms with van der Waals surface area (Å²) in [6.45, 7) is 3.67. The predicted molar refractivity (Wildman–Crippen MR) is 73.5 cm³/mol. The molecule has 5 nitrogen and oxygen atoms in total. The summed E-state index contributed by atoms with van der Waals surface area (Å²) < 4.78 is 14.8. The highest BCUT2D eigenvalue weighted by molar-refractivity contribution is 5.81. The highest BCUT2D eigenvalue weighted by Gasteiger charge is 2.14. The number of hydrogen-bond donors (Lipinski definition) is 2. The molecule has 108 valence electrons. The van der Waals surface area contributed by atoms with Gasteiger partial charge >= 0.3 is 0 Å². The zero-order valence-corrected chi connectivity index (χ0v) is 11.6. The van der Waals surface area contributed by atoms with Gasteiger partial charge in [-0.25, -0.2) is 9.37 Å². The normalized spacial score (nSPS) is 12.6. The molecule has 2 rings (SSSR count). The van der Waals surface area contributed by atoms with Crippen molar-refractivity contribution in [1.29, 1.82) is 0 Å². The van der Waals surface area contributed by atoms with E-state index in [9.17, 15) is 14.3 Å². The van der Waals surface area contributed by atoms with E-state index in [1.807, 2.05) is 13.8 Å². The molecule has 0 fully saturated rings. The predicted octanol–water partition coefficient (Wildman–Crippen LogP) is 1.58. The van der Waals surface area contributed by atoms with Crippen molar-refractivity contribution in [2.75, 3.05) is 0 Å². The molecule has 6 heteroatoms. The highest BCUT2D eigenvalue weighted by atomic mass is 19.1. The zero-order valence-electron chi connectivity index (χ0n) is 11.6. The summed E-state index contributed by atoms with van der Waals surface area (Å²) in [5, 5.41) is 12.2. The third-order valence-electron chi connectivity index (χ3n) is 3.25. The number of fused-ring (bicyclic) bond motifs is 1. The molecule has 0 radical (unpaired) electrons. The maximum Gasteiger partial charge on any atom is 0.240 e. The van der Waals surface area contributed by atoms with E-state index in [0.29, 0.717) is 16.9 Å². The summed E-state index contributed by atoms with van der Waals surface area (Å²) >= 11 is 0. The number of rotatable bonds is 5.